The number of hydrogen-bond donors (Lipinski definition) is 1. The second kappa shape index (κ2) is 11.3. The number of benzene rings is 1. The van der Waals surface area contributed by atoms with Crippen molar-refractivity contribution in [3.8, 4) is 0 Å². The summed E-state index contributed by atoms with van der Waals surface area (Å²) < 4.78 is 5.49. The second-order valence-electron chi connectivity index (χ2n) is 8.02. The molecule has 8 heteroatoms. The number of amides is 1. The van der Waals surface area contributed by atoms with Gasteiger partial charge in [-0.1, -0.05) is 12.1 Å². The number of carbonyl (C=O) groups excluding carboxylic acids is 1. The number of rotatable bonds is 5. The van der Waals surface area contributed by atoms with Gasteiger partial charge in [0.15, 0.2) is 5.96 Å². The number of carbonyl (C=O) groups is 1. The van der Waals surface area contributed by atoms with Crippen molar-refractivity contribution in [1.82, 2.24) is 15.1 Å². The average molecular weight is 527 g/mol. The van der Waals surface area contributed by atoms with Crippen molar-refractivity contribution in [2.75, 3.05) is 57.4 Å². The smallest absolute Gasteiger partial charge is 0.227 e. The third-order valence-electron chi connectivity index (χ3n) is 6.09. The molecule has 1 unspecified atom stereocenters. The van der Waals surface area contributed by atoms with Gasteiger partial charge in [-0.3, -0.25) is 9.69 Å². The standard InChI is InChI=1S/C22H33N5O2.HI/c1-2-23-22(26-11-9-20(17-26)25-12-14-29-15-13-25)24-16-18-5-7-19(8-6-18)27-10-3-4-21(27)28;/h5-8,20H,2-4,9-17H2,1H3,(H,23,24);1H. The Morgan fingerprint density at radius 2 is 1.93 bits per heavy atom. The SMILES string of the molecule is CCNC(=NCc1ccc(N2CCCC2=O)cc1)N1CCC(N2CCOCC2)C1.I. The molecule has 1 aromatic rings. The van der Waals surface area contributed by atoms with Gasteiger partial charge in [0.2, 0.25) is 5.91 Å². The first-order valence-electron chi connectivity index (χ1n) is 11.0. The number of likely N-dealkylation sites (tertiary alicyclic amines) is 1. The summed E-state index contributed by atoms with van der Waals surface area (Å²) in [7, 11) is 0. The van der Waals surface area contributed by atoms with Crippen LogP contribution >= 0.6 is 24.0 Å². The number of guanidine groups is 1. The van der Waals surface area contributed by atoms with Crippen molar-refractivity contribution in [2.24, 2.45) is 4.99 Å². The van der Waals surface area contributed by atoms with Crippen LogP contribution in [0.4, 0.5) is 5.69 Å². The predicted molar refractivity (Wildman–Crippen MR) is 131 cm³/mol. The Morgan fingerprint density at radius 3 is 2.60 bits per heavy atom. The molecule has 0 saturated carbocycles. The maximum Gasteiger partial charge on any atom is 0.227 e. The van der Waals surface area contributed by atoms with Gasteiger partial charge in [0, 0.05) is 57.4 Å². The zero-order valence-corrected chi connectivity index (χ0v) is 20.2. The molecule has 7 nitrogen and oxygen atoms in total. The average Bonchev–Trinajstić information content (AvgIpc) is 3.42. The Bertz CT molecular complexity index is 721. The molecule has 4 rings (SSSR count). The molecule has 3 aliphatic rings. The van der Waals surface area contributed by atoms with E-state index in [1.165, 1.54) is 12.0 Å². The number of ether oxygens (including phenoxy) is 1. The van der Waals surface area contributed by atoms with Gasteiger partial charge in [0.05, 0.1) is 19.8 Å². The molecule has 3 heterocycles. The Kier molecular flexibility index (Phi) is 8.76. The van der Waals surface area contributed by atoms with Gasteiger partial charge in [-0.2, -0.15) is 0 Å². The van der Waals surface area contributed by atoms with Crippen LogP contribution in [0.15, 0.2) is 29.3 Å². The first-order valence-corrected chi connectivity index (χ1v) is 11.0. The maximum atomic E-state index is 11.9. The van der Waals surface area contributed by atoms with E-state index in [9.17, 15) is 4.79 Å². The maximum absolute atomic E-state index is 11.9. The Labute approximate surface area is 196 Å². The Hall–Kier alpha value is -1.39. The summed E-state index contributed by atoms with van der Waals surface area (Å²) in [6.45, 7) is 10.3. The van der Waals surface area contributed by atoms with Gasteiger partial charge in [-0.25, -0.2) is 4.99 Å². The van der Waals surface area contributed by atoms with E-state index in [4.69, 9.17) is 9.73 Å². The van der Waals surface area contributed by atoms with Gasteiger partial charge in [0.1, 0.15) is 0 Å². The number of morpholine rings is 1. The van der Waals surface area contributed by atoms with Crippen LogP contribution in [-0.2, 0) is 16.1 Å². The predicted octanol–water partition coefficient (Wildman–Crippen LogP) is 2.30. The lowest BCUT2D eigenvalue weighted by Crippen LogP contribution is -2.46. The largest absolute Gasteiger partial charge is 0.379 e. The topological polar surface area (TPSA) is 60.4 Å². The molecular formula is C22H34IN5O2. The number of aliphatic imine (C=N–C) groups is 1. The summed E-state index contributed by atoms with van der Waals surface area (Å²) in [5, 5.41) is 3.46. The zero-order valence-electron chi connectivity index (χ0n) is 17.9. The number of nitrogens with one attached hydrogen (secondary N) is 1. The number of hydrogen-bond acceptors (Lipinski definition) is 4. The van der Waals surface area contributed by atoms with Crippen molar-refractivity contribution in [2.45, 2.75) is 38.8 Å². The van der Waals surface area contributed by atoms with E-state index in [1.807, 2.05) is 17.0 Å². The van der Waals surface area contributed by atoms with Crippen LogP contribution in [0.5, 0.6) is 0 Å². The second-order valence-corrected chi connectivity index (χ2v) is 8.02. The molecule has 0 bridgehead atoms. The molecule has 3 saturated heterocycles. The van der Waals surface area contributed by atoms with Crippen LogP contribution in [0.2, 0.25) is 0 Å². The van der Waals surface area contributed by atoms with E-state index in [-0.39, 0.29) is 29.9 Å². The van der Waals surface area contributed by atoms with E-state index < -0.39 is 0 Å². The van der Waals surface area contributed by atoms with Crippen molar-refractivity contribution in [1.29, 1.82) is 0 Å². The van der Waals surface area contributed by atoms with E-state index in [1.54, 1.807) is 0 Å². The van der Waals surface area contributed by atoms with Crippen molar-refractivity contribution < 1.29 is 9.53 Å². The van der Waals surface area contributed by atoms with Crippen LogP contribution in [-0.4, -0.2) is 80.2 Å². The summed E-state index contributed by atoms with van der Waals surface area (Å²) in [4.78, 5) is 23.6. The van der Waals surface area contributed by atoms with Gasteiger partial charge in [0.25, 0.3) is 0 Å². The Balaban J connectivity index is 0.00000256. The van der Waals surface area contributed by atoms with Gasteiger partial charge >= 0.3 is 0 Å². The minimum atomic E-state index is 0. The summed E-state index contributed by atoms with van der Waals surface area (Å²) in [5.41, 5.74) is 2.17. The number of anilines is 1. The minimum absolute atomic E-state index is 0. The molecule has 1 N–H and O–H groups in total. The monoisotopic (exact) mass is 527 g/mol. The van der Waals surface area contributed by atoms with E-state index in [0.29, 0.717) is 19.0 Å². The molecule has 0 spiro atoms. The highest BCUT2D eigenvalue weighted by atomic mass is 127. The normalized spacial score (nSPS) is 23.0. The molecule has 0 aliphatic carbocycles. The van der Waals surface area contributed by atoms with Crippen molar-refractivity contribution in [3.63, 3.8) is 0 Å². The highest BCUT2D eigenvalue weighted by Gasteiger charge is 2.30. The molecule has 3 fully saturated rings. The summed E-state index contributed by atoms with van der Waals surface area (Å²) in [6.07, 6.45) is 2.81. The number of nitrogens with zero attached hydrogens (tertiary/aromatic N) is 4. The third kappa shape index (κ3) is 5.64. The molecule has 0 radical (unpaired) electrons. The molecule has 30 heavy (non-hydrogen) atoms. The summed E-state index contributed by atoms with van der Waals surface area (Å²) in [5.74, 6) is 1.23. The van der Waals surface area contributed by atoms with Crippen molar-refractivity contribution in [3.05, 3.63) is 29.8 Å². The first-order chi connectivity index (χ1) is 14.2. The Morgan fingerprint density at radius 1 is 1.17 bits per heavy atom. The zero-order chi connectivity index (χ0) is 20.1. The molecule has 3 aliphatic heterocycles. The quantitative estimate of drug-likeness (QED) is 0.362. The molecule has 1 atom stereocenters. The molecular weight excluding hydrogens is 493 g/mol. The lowest BCUT2D eigenvalue weighted by atomic mass is 10.2. The van der Waals surface area contributed by atoms with E-state index in [2.05, 4.69) is 34.2 Å². The first kappa shape index (κ1) is 23.3. The van der Waals surface area contributed by atoms with E-state index >= 15 is 0 Å². The summed E-state index contributed by atoms with van der Waals surface area (Å²) in [6, 6.07) is 8.87. The highest BCUT2D eigenvalue weighted by molar-refractivity contribution is 14.0. The molecule has 1 aromatic carbocycles. The fraction of sp³-hybridized carbons (Fsp3) is 0.636. The third-order valence-corrected chi connectivity index (χ3v) is 6.09. The van der Waals surface area contributed by atoms with Gasteiger partial charge in [-0.15, -0.1) is 24.0 Å². The fourth-order valence-corrected chi connectivity index (χ4v) is 4.47. The summed E-state index contributed by atoms with van der Waals surface area (Å²) >= 11 is 0. The van der Waals surface area contributed by atoms with Crippen LogP contribution in [0.1, 0.15) is 31.7 Å². The van der Waals surface area contributed by atoms with Gasteiger partial charge < -0.3 is 19.9 Å². The van der Waals surface area contributed by atoms with Crippen LogP contribution in [0, 0.1) is 0 Å². The van der Waals surface area contributed by atoms with E-state index in [0.717, 1.165) is 70.6 Å². The minimum Gasteiger partial charge on any atom is -0.379 e. The van der Waals surface area contributed by atoms with Gasteiger partial charge in [-0.05, 0) is 37.5 Å². The lowest BCUT2D eigenvalue weighted by molar-refractivity contribution is -0.117. The highest BCUT2D eigenvalue weighted by Crippen LogP contribution is 2.22. The van der Waals surface area contributed by atoms with Crippen LogP contribution in [0.3, 0.4) is 0 Å². The molecule has 166 valence electrons. The molecule has 0 aromatic heterocycles. The fourth-order valence-electron chi connectivity index (χ4n) is 4.47. The van der Waals surface area contributed by atoms with Crippen molar-refractivity contribution >= 4 is 41.5 Å². The number of halogens is 1. The van der Waals surface area contributed by atoms with Crippen LogP contribution in [0.25, 0.3) is 0 Å². The van der Waals surface area contributed by atoms with Crippen LogP contribution < -0.4 is 10.2 Å². The lowest BCUT2D eigenvalue weighted by Gasteiger charge is -2.32. The molecule has 1 amide bonds.